The Balaban J connectivity index is 1.08. The first-order valence-electron chi connectivity index (χ1n) is 18.8. The summed E-state index contributed by atoms with van der Waals surface area (Å²) in [5.74, 6) is 0. The van der Waals surface area contributed by atoms with Gasteiger partial charge in [0.25, 0.3) is 0 Å². The van der Waals surface area contributed by atoms with E-state index in [4.69, 9.17) is 9.97 Å². The number of aromatic nitrogens is 4. The van der Waals surface area contributed by atoms with Crippen LogP contribution in [0, 0.1) is 0 Å². The minimum absolute atomic E-state index is 0.672. The summed E-state index contributed by atoms with van der Waals surface area (Å²) in [6.07, 6.45) is 1.81. The normalized spacial score (nSPS) is 13.2. The van der Waals surface area contributed by atoms with E-state index in [1.165, 1.54) is 32.3 Å². The zero-order valence-corrected chi connectivity index (χ0v) is 30.9. The summed E-state index contributed by atoms with van der Waals surface area (Å²) >= 11 is 0. The number of pyridine rings is 2. The molecule has 0 aliphatic rings. The third-order valence-electron chi connectivity index (χ3n) is 11.5. The van der Waals surface area contributed by atoms with Gasteiger partial charge in [0.1, 0.15) is 5.65 Å². The fourth-order valence-corrected chi connectivity index (χ4v) is 11.7. The number of benzene rings is 8. The molecule has 12 aromatic rings. The van der Waals surface area contributed by atoms with Crippen molar-refractivity contribution in [2.75, 3.05) is 0 Å². The Bertz CT molecular complexity index is 3570. The lowest BCUT2D eigenvalue weighted by molar-refractivity contribution is 0.583. The van der Waals surface area contributed by atoms with Crippen LogP contribution in [-0.2, 0) is 4.57 Å². The molecule has 0 spiro atoms. The summed E-state index contributed by atoms with van der Waals surface area (Å²) in [5.41, 5.74) is 7.60. The fraction of sp³-hybridized carbons (Fsp3) is 0. The highest BCUT2D eigenvalue weighted by Gasteiger charge is 2.33. The molecule has 8 aromatic carbocycles. The number of nitrogens with zero attached hydrogens (tertiary/aromatic N) is 4. The van der Waals surface area contributed by atoms with Gasteiger partial charge in [0, 0.05) is 38.6 Å². The summed E-state index contributed by atoms with van der Waals surface area (Å²) in [4.78, 5) is 10.4. The Labute approximate surface area is 321 Å². The summed E-state index contributed by atoms with van der Waals surface area (Å²) in [6.45, 7) is 0. The minimum Gasteiger partial charge on any atom is -0.292 e. The second-order valence-electron chi connectivity index (χ2n) is 14.6. The molecule has 12 rings (SSSR count). The number of rotatable bonds is 4. The van der Waals surface area contributed by atoms with E-state index in [9.17, 15) is 0 Å². The fourth-order valence-electron chi connectivity index (χ4n) is 8.96. The van der Waals surface area contributed by atoms with E-state index in [1.54, 1.807) is 0 Å². The van der Waals surface area contributed by atoms with Crippen LogP contribution in [0.3, 0.4) is 0 Å². The lowest BCUT2D eigenvalue weighted by Gasteiger charge is -2.23. The van der Waals surface area contributed by atoms with Gasteiger partial charge in [0.2, 0.25) is 7.29 Å². The lowest BCUT2D eigenvalue weighted by Crippen LogP contribution is -2.22. The maximum Gasteiger partial charge on any atom is 0.235 e. The first-order valence-corrected chi connectivity index (χ1v) is 20.5. The van der Waals surface area contributed by atoms with Gasteiger partial charge in [0.05, 0.1) is 38.6 Å². The van der Waals surface area contributed by atoms with Crippen molar-refractivity contribution >= 4 is 99.6 Å². The number of imidazole rings is 1. The molecule has 0 saturated carbocycles. The van der Waals surface area contributed by atoms with Crippen LogP contribution >= 0.6 is 7.29 Å². The molecule has 1 atom stereocenters. The van der Waals surface area contributed by atoms with E-state index >= 15 is 4.57 Å². The number of para-hydroxylation sites is 2. The van der Waals surface area contributed by atoms with Gasteiger partial charge in [-0.25, -0.2) is 4.98 Å². The highest BCUT2D eigenvalue weighted by Crippen LogP contribution is 2.51. The van der Waals surface area contributed by atoms with Crippen LogP contribution in [0.1, 0.15) is 0 Å². The van der Waals surface area contributed by atoms with E-state index in [0.717, 1.165) is 66.0 Å². The molecule has 4 heterocycles. The van der Waals surface area contributed by atoms with Crippen molar-refractivity contribution in [3.05, 3.63) is 188 Å². The standard InChI is InChI=1S/C50H31N4OP/c55-56(36-15-2-1-3-16-36,54-45-20-10-8-18-39(45)40-19-9-11-21-46(40)54)37-24-27-43(51-31-37)35-23-26-44-48(30-35)53-47-29-34-14-5-4-13-33(34)28-42(47)41-25-22-32-12-6-7-17-38(32)49(41)50(53)52-44/h1-31H. The molecule has 0 saturated heterocycles. The van der Waals surface area contributed by atoms with E-state index in [-0.39, 0.29) is 0 Å². The van der Waals surface area contributed by atoms with Crippen molar-refractivity contribution in [1.82, 2.24) is 18.7 Å². The average Bonchev–Trinajstić information content (AvgIpc) is 3.82. The van der Waals surface area contributed by atoms with E-state index in [0.29, 0.717) is 5.30 Å². The minimum atomic E-state index is -3.44. The smallest absolute Gasteiger partial charge is 0.235 e. The summed E-state index contributed by atoms with van der Waals surface area (Å²) in [7, 11) is -3.44. The van der Waals surface area contributed by atoms with Crippen molar-refractivity contribution in [3.63, 3.8) is 0 Å². The third-order valence-corrected chi connectivity index (χ3v) is 14.5. The highest BCUT2D eigenvalue weighted by molar-refractivity contribution is 7.77. The molecule has 262 valence electrons. The van der Waals surface area contributed by atoms with Crippen LogP contribution in [0.5, 0.6) is 0 Å². The summed E-state index contributed by atoms with van der Waals surface area (Å²) in [6, 6.07) is 62.9. The zero-order chi connectivity index (χ0) is 37.0. The molecular weight excluding hydrogens is 704 g/mol. The van der Waals surface area contributed by atoms with E-state index in [1.807, 2.05) is 72.9 Å². The maximum atomic E-state index is 16.0. The average molecular weight is 735 g/mol. The molecule has 0 aliphatic heterocycles. The number of fused-ring (bicyclic) bond motifs is 14. The van der Waals surface area contributed by atoms with E-state index < -0.39 is 7.29 Å². The Morgan fingerprint density at radius 3 is 1.84 bits per heavy atom. The topological polar surface area (TPSA) is 52.2 Å². The van der Waals surface area contributed by atoms with Crippen molar-refractivity contribution in [1.29, 1.82) is 0 Å². The molecule has 0 amide bonds. The molecule has 0 bridgehead atoms. The van der Waals surface area contributed by atoms with E-state index in [2.05, 4.69) is 124 Å². The molecule has 5 nitrogen and oxygen atoms in total. The van der Waals surface area contributed by atoms with Gasteiger partial charge in [-0.1, -0.05) is 121 Å². The Morgan fingerprint density at radius 1 is 0.446 bits per heavy atom. The Kier molecular flexibility index (Phi) is 6.55. The van der Waals surface area contributed by atoms with Gasteiger partial charge in [0.15, 0.2) is 0 Å². The van der Waals surface area contributed by atoms with Crippen LogP contribution in [-0.4, -0.2) is 18.7 Å². The molecule has 6 heteroatoms. The van der Waals surface area contributed by atoms with Crippen LogP contribution in [0.25, 0.3) is 93.0 Å². The SMILES string of the molecule is O=P(c1ccccc1)(c1ccc(-c2ccc3nc4c5c6ccccc6ccc5c5cc6ccccc6cc5n4c3c2)nc1)n1c2ccccc2c2ccccc21. The molecule has 4 aromatic heterocycles. The van der Waals surface area contributed by atoms with Gasteiger partial charge in [-0.15, -0.1) is 0 Å². The van der Waals surface area contributed by atoms with Crippen LogP contribution < -0.4 is 10.6 Å². The molecule has 0 N–H and O–H groups in total. The largest absolute Gasteiger partial charge is 0.292 e. The van der Waals surface area contributed by atoms with Crippen molar-refractivity contribution in [2.45, 2.75) is 0 Å². The van der Waals surface area contributed by atoms with Crippen LogP contribution in [0.15, 0.2) is 188 Å². The van der Waals surface area contributed by atoms with Crippen molar-refractivity contribution < 1.29 is 4.57 Å². The Hall–Kier alpha value is -7.07. The molecule has 0 radical (unpaired) electrons. The summed E-state index contributed by atoms with van der Waals surface area (Å²) in [5, 5.41) is 11.9. The first-order chi connectivity index (χ1) is 27.6. The lowest BCUT2D eigenvalue weighted by atomic mass is 9.98. The van der Waals surface area contributed by atoms with Gasteiger partial charge >= 0.3 is 0 Å². The van der Waals surface area contributed by atoms with Crippen LogP contribution in [0.2, 0.25) is 0 Å². The zero-order valence-electron chi connectivity index (χ0n) is 30.0. The molecule has 0 fully saturated rings. The molecule has 56 heavy (non-hydrogen) atoms. The highest BCUT2D eigenvalue weighted by atomic mass is 31.2. The quantitative estimate of drug-likeness (QED) is 0.103. The van der Waals surface area contributed by atoms with Crippen LogP contribution in [0.4, 0.5) is 0 Å². The monoisotopic (exact) mass is 734 g/mol. The van der Waals surface area contributed by atoms with Gasteiger partial charge in [-0.3, -0.25) is 18.3 Å². The Morgan fingerprint density at radius 2 is 1.11 bits per heavy atom. The molecule has 0 aliphatic carbocycles. The third kappa shape index (κ3) is 4.35. The predicted octanol–water partition coefficient (Wildman–Crippen LogP) is 12.0. The number of hydrogen-bond donors (Lipinski definition) is 0. The first kappa shape index (κ1) is 31.3. The van der Waals surface area contributed by atoms with Gasteiger partial charge in [-0.2, -0.15) is 0 Å². The van der Waals surface area contributed by atoms with Gasteiger partial charge in [-0.05, 0) is 87.6 Å². The molecule has 1 unspecified atom stereocenters. The van der Waals surface area contributed by atoms with Crippen molar-refractivity contribution in [2.24, 2.45) is 0 Å². The van der Waals surface area contributed by atoms with Crippen molar-refractivity contribution in [3.8, 4) is 11.3 Å². The maximum absolute atomic E-state index is 16.0. The van der Waals surface area contributed by atoms with Gasteiger partial charge < -0.3 is 0 Å². The second-order valence-corrected chi connectivity index (χ2v) is 17.1. The predicted molar refractivity (Wildman–Crippen MR) is 234 cm³/mol. The second kappa shape index (κ2) is 11.7. The summed E-state index contributed by atoms with van der Waals surface area (Å²) < 4.78 is 20.4. The molecular formula is C50H31N4OP. The number of hydrogen-bond acceptors (Lipinski definition) is 3.